The molecule has 0 amide bonds. The van der Waals surface area contributed by atoms with Crippen molar-refractivity contribution in [1.82, 2.24) is 0 Å². The van der Waals surface area contributed by atoms with Gasteiger partial charge in [-0.05, 0) is 24.5 Å². The third kappa shape index (κ3) is 3.66. The number of hydrogen-bond acceptors (Lipinski definition) is 3. The molecule has 0 aliphatic heterocycles. The topological polar surface area (TPSA) is 46.5 Å². The molecular weight excluding hydrogens is 204 g/mol. The first-order valence-electron chi connectivity index (χ1n) is 5.52. The summed E-state index contributed by atoms with van der Waals surface area (Å²) in [7, 11) is 0. The van der Waals surface area contributed by atoms with Gasteiger partial charge < -0.3 is 9.84 Å². The molecule has 16 heavy (non-hydrogen) atoms. The Morgan fingerprint density at radius 1 is 1.31 bits per heavy atom. The molecule has 0 aliphatic carbocycles. The summed E-state index contributed by atoms with van der Waals surface area (Å²) in [6, 6.07) is 7.60. The lowest BCUT2D eigenvalue weighted by atomic mass is 10.0. The molecule has 0 bridgehead atoms. The number of ether oxygens (including phenoxy) is 1. The third-order valence-corrected chi connectivity index (χ3v) is 2.44. The van der Waals surface area contributed by atoms with Crippen molar-refractivity contribution in [3.63, 3.8) is 0 Å². The zero-order valence-corrected chi connectivity index (χ0v) is 9.77. The van der Waals surface area contributed by atoms with Gasteiger partial charge in [0, 0.05) is 0 Å². The fourth-order valence-electron chi connectivity index (χ4n) is 1.50. The van der Waals surface area contributed by atoms with E-state index < -0.39 is 0 Å². The van der Waals surface area contributed by atoms with E-state index in [1.54, 1.807) is 6.92 Å². The molecule has 0 aliphatic rings. The minimum Gasteiger partial charge on any atom is -0.466 e. The van der Waals surface area contributed by atoms with Crippen molar-refractivity contribution < 1.29 is 14.6 Å². The lowest BCUT2D eigenvalue weighted by molar-refractivity contribution is -0.147. The molecule has 3 nitrogen and oxygen atoms in total. The summed E-state index contributed by atoms with van der Waals surface area (Å²) < 4.78 is 4.94. The smallest absolute Gasteiger partial charge is 0.308 e. The number of carbonyl (C=O) groups excluding carboxylic acids is 1. The zero-order valence-electron chi connectivity index (χ0n) is 9.77. The molecule has 0 aromatic heterocycles. The van der Waals surface area contributed by atoms with Crippen LogP contribution in [0.25, 0.3) is 0 Å². The molecule has 1 atom stereocenters. The molecule has 0 saturated heterocycles. The largest absolute Gasteiger partial charge is 0.466 e. The Bertz CT molecular complexity index is 330. The molecular formula is C13H18O3. The lowest BCUT2D eigenvalue weighted by Gasteiger charge is -2.10. The minimum absolute atomic E-state index is 0.0493. The van der Waals surface area contributed by atoms with Crippen LogP contribution in [0.15, 0.2) is 24.3 Å². The van der Waals surface area contributed by atoms with Gasteiger partial charge in [0.2, 0.25) is 0 Å². The molecule has 88 valence electrons. The standard InChI is InChI=1S/C13H18O3/c1-3-16-13(15)10(2)8-11-4-6-12(9-14)7-5-11/h4-7,10,14H,3,8-9H2,1-2H3. The summed E-state index contributed by atoms with van der Waals surface area (Å²) in [5.41, 5.74) is 1.96. The van der Waals surface area contributed by atoms with Crippen molar-refractivity contribution in [2.45, 2.75) is 26.9 Å². The highest BCUT2D eigenvalue weighted by molar-refractivity contribution is 5.72. The molecule has 1 N–H and O–H groups in total. The van der Waals surface area contributed by atoms with Gasteiger partial charge in [0.25, 0.3) is 0 Å². The number of esters is 1. The van der Waals surface area contributed by atoms with Gasteiger partial charge in [-0.3, -0.25) is 4.79 Å². The molecule has 1 unspecified atom stereocenters. The van der Waals surface area contributed by atoms with Gasteiger partial charge in [0.15, 0.2) is 0 Å². The molecule has 0 radical (unpaired) electrons. The van der Waals surface area contributed by atoms with Crippen LogP contribution in [0.3, 0.4) is 0 Å². The van der Waals surface area contributed by atoms with Crippen molar-refractivity contribution in [1.29, 1.82) is 0 Å². The Labute approximate surface area is 96.1 Å². The third-order valence-electron chi connectivity index (χ3n) is 2.44. The molecule has 0 spiro atoms. The van der Waals surface area contributed by atoms with Crippen LogP contribution >= 0.6 is 0 Å². The molecule has 1 aromatic rings. The number of rotatable bonds is 5. The van der Waals surface area contributed by atoms with E-state index in [0.717, 1.165) is 11.1 Å². The van der Waals surface area contributed by atoms with Gasteiger partial charge in [-0.25, -0.2) is 0 Å². The van der Waals surface area contributed by atoms with Crippen molar-refractivity contribution in [2.75, 3.05) is 6.61 Å². The minimum atomic E-state index is -0.159. The lowest BCUT2D eigenvalue weighted by Crippen LogP contribution is -2.16. The van der Waals surface area contributed by atoms with E-state index in [1.807, 2.05) is 31.2 Å². The van der Waals surface area contributed by atoms with E-state index in [2.05, 4.69) is 0 Å². The molecule has 0 fully saturated rings. The van der Waals surface area contributed by atoms with Gasteiger partial charge in [0.1, 0.15) is 0 Å². The van der Waals surface area contributed by atoms with Crippen molar-refractivity contribution >= 4 is 5.97 Å². The fraction of sp³-hybridized carbons (Fsp3) is 0.462. The zero-order chi connectivity index (χ0) is 12.0. The van der Waals surface area contributed by atoms with E-state index in [4.69, 9.17) is 9.84 Å². The summed E-state index contributed by atoms with van der Waals surface area (Å²) in [5.74, 6) is -0.284. The average Bonchev–Trinajstić information content (AvgIpc) is 2.30. The highest BCUT2D eigenvalue weighted by Crippen LogP contribution is 2.11. The van der Waals surface area contributed by atoms with Crippen LogP contribution in [0.4, 0.5) is 0 Å². The predicted molar refractivity (Wildman–Crippen MR) is 61.9 cm³/mol. The maximum absolute atomic E-state index is 11.4. The number of aliphatic hydroxyl groups is 1. The summed E-state index contributed by atoms with van der Waals surface area (Å²) in [6.07, 6.45) is 0.671. The second kappa shape index (κ2) is 6.28. The van der Waals surface area contributed by atoms with E-state index >= 15 is 0 Å². The van der Waals surface area contributed by atoms with Crippen LogP contribution in [-0.4, -0.2) is 17.7 Å². The SMILES string of the molecule is CCOC(=O)C(C)Cc1ccc(CO)cc1. The van der Waals surface area contributed by atoms with Gasteiger partial charge in [-0.1, -0.05) is 31.2 Å². The van der Waals surface area contributed by atoms with Gasteiger partial charge >= 0.3 is 5.97 Å². The molecule has 0 heterocycles. The fourth-order valence-corrected chi connectivity index (χ4v) is 1.50. The maximum atomic E-state index is 11.4. The number of carbonyl (C=O) groups is 1. The summed E-state index contributed by atoms with van der Waals surface area (Å²) in [5, 5.41) is 8.89. The quantitative estimate of drug-likeness (QED) is 0.774. The Hall–Kier alpha value is -1.35. The van der Waals surface area contributed by atoms with E-state index in [9.17, 15) is 4.79 Å². The van der Waals surface area contributed by atoms with E-state index in [-0.39, 0.29) is 18.5 Å². The Balaban J connectivity index is 2.55. The first-order chi connectivity index (χ1) is 7.67. The molecule has 3 heteroatoms. The van der Waals surface area contributed by atoms with E-state index in [0.29, 0.717) is 13.0 Å². The number of benzene rings is 1. The molecule has 0 saturated carbocycles. The highest BCUT2D eigenvalue weighted by atomic mass is 16.5. The highest BCUT2D eigenvalue weighted by Gasteiger charge is 2.14. The van der Waals surface area contributed by atoms with Crippen LogP contribution in [0.1, 0.15) is 25.0 Å². The van der Waals surface area contributed by atoms with Crippen LogP contribution in [0, 0.1) is 5.92 Å². The summed E-state index contributed by atoms with van der Waals surface area (Å²) >= 11 is 0. The Morgan fingerprint density at radius 3 is 2.38 bits per heavy atom. The summed E-state index contributed by atoms with van der Waals surface area (Å²) in [6.45, 7) is 4.14. The number of hydrogen-bond donors (Lipinski definition) is 1. The normalized spacial score (nSPS) is 12.2. The van der Waals surface area contributed by atoms with Gasteiger partial charge in [-0.2, -0.15) is 0 Å². The number of aliphatic hydroxyl groups excluding tert-OH is 1. The molecule has 1 aromatic carbocycles. The second-order valence-electron chi connectivity index (χ2n) is 3.83. The second-order valence-corrected chi connectivity index (χ2v) is 3.83. The van der Waals surface area contributed by atoms with Crippen LogP contribution in [0.5, 0.6) is 0 Å². The van der Waals surface area contributed by atoms with Gasteiger partial charge in [0.05, 0.1) is 19.1 Å². The predicted octanol–water partition coefficient (Wildman–Crippen LogP) is 1.92. The molecule has 1 rings (SSSR count). The monoisotopic (exact) mass is 222 g/mol. The Morgan fingerprint density at radius 2 is 1.88 bits per heavy atom. The van der Waals surface area contributed by atoms with Crippen LogP contribution in [-0.2, 0) is 22.6 Å². The van der Waals surface area contributed by atoms with Crippen LogP contribution in [0.2, 0.25) is 0 Å². The van der Waals surface area contributed by atoms with Gasteiger partial charge in [-0.15, -0.1) is 0 Å². The van der Waals surface area contributed by atoms with Crippen molar-refractivity contribution in [2.24, 2.45) is 5.92 Å². The van der Waals surface area contributed by atoms with E-state index in [1.165, 1.54) is 0 Å². The maximum Gasteiger partial charge on any atom is 0.308 e. The first kappa shape index (κ1) is 12.7. The first-order valence-corrected chi connectivity index (χ1v) is 5.52. The van der Waals surface area contributed by atoms with Crippen molar-refractivity contribution in [3.8, 4) is 0 Å². The Kier molecular flexibility index (Phi) is 4.99. The van der Waals surface area contributed by atoms with Crippen LogP contribution < -0.4 is 0 Å². The summed E-state index contributed by atoms with van der Waals surface area (Å²) in [4.78, 5) is 11.4. The average molecular weight is 222 g/mol. The van der Waals surface area contributed by atoms with Crippen molar-refractivity contribution in [3.05, 3.63) is 35.4 Å².